The van der Waals surface area contributed by atoms with Crippen LogP contribution >= 0.6 is 0 Å². The van der Waals surface area contributed by atoms with Crippen LogP contribution in [0, 0.1) is 11.3 Å². The Morgan fingerprint density at radius 2 is 1.81 bits per heavy atom. The third kappa shape index (κ3) is 5.22. The van der Waals surface area contributed by atoms with Gasteiger partial charge in [-0.3, -0.25) is 9.59 Å². The number of carboxylic acid groups (broad SMARTS) is 1. The van der Waals surface area contributed by atoms with Gasteiger partial charge in [-0.25, -0.2) is 0 Å². The van der Waals surface area contributed by atoms with E-state index in [-0.39, 0.29) is 12.5 Å². The number of hydrogen-bond donors (Lipinski definition) is 2. The summed E-state index contributed by atoms with van der Waals surface area (Å²) in [5, 5.41) is 12.5. The fourth-order valence-corrected chi connectivity index (χ4v) is 3.06. The number of carboxylic acids is 1. The minimum absolute atomic E-state index is 0.115. The Morgan fingerprint density at radius 3 is 2.33 bits per heavy atom. The van der Waals surface area contributed by atoms with Gasteiger partial charge >= 0.3 is 5.97 Å². The molecule has 1 aliphatic rings. The highest BCUT2D eigenvalue weighted by molar-refractivity contribution is 5.88. The Morgan fingerprint density at radius 1 is 1.22 bits per heavy atom. The number of carbonyl (C=O) groups excluding carboxylic acids is 1. The number of rotatable bonds is 8. The SMILES string of the molecule is CC(C)COc1ccc(C(C)(C)C(=O)NCC2(C(=O)O)CCOCC2)cc1. The molecule has 0 unspecified atom stereocenters. The van der Waals surface area contributed by atoms with Crippen LogP contribution in [0.2, 0.25) is 0 Å². The first-order chi connectivity index (χ1) is 12.7. The van der Waals surface area contributed by atoms with Crippen molar-refractivity contribution in [2.45, 2.75) is 46.0 Å². The van der Waals surface area contributed by atoms with Crippen molar-refractivity contribution in [2.75, 3.05) is 26.4 Å². The molecular formula is C21H31NO5. The highest BCUT2D eigenvalue weighted by Gasteiger charge is 2.41. The third-order valence-electron chi connectivity index (χ3n) is 5.22. The molecule has 1 aliphatic heterocycles. The molecule has 0 saturated carbocycles. The van der Waals surface area contributed by atoms with Crippen LogP contribution in [0.3, 0.4) is 0 Å². The van der Waals surface area contributed by atoms with E-state index in [0.717, 1.165) is 11.3 Å². The first-order valence-electron chi connectivity index (χ1n) is 9.50. The summed E-state index contributed by atoms with van der Waals surface area (Å²) in [4.78, 5) is 24.5. The zero-order valence-corrected chi connectivity index (χ0v) is 16.7. The zero-order chi connectivity index (χ0) is 20.1. The van der Waals surface area contributed by atoms with Crippen molar-refractivity contribution < 1.29 is 24.2 Å². The van der Waals surface area contributed by atoms with E-state index in [1.807, 2.05) is 38.1 Å². The van der Waals surface area contributed by atoms with E-state index in [2.05, 4.69) is 19.2 Å². The number of carbonyl (C=O) groups is 2. The number of hydrogen-bond acceptors (Lipinski definition) is 4. The lowest BCUT2D eigenvalue weighted by Crippen LogP contribution is -2.50. The zero-order valence-electron chi connectivity index (χ0n) is 16.7. The molecule has 2 N–H and O–H groups in total. The van der Waals surface area contributed by atoms with Gasteiger partial charge in [-0.05, 0) is 50.3 Å². The largest absolute Gasteiger partial charge is 0.493 e. The maximum absolute atomic E-state index is 12.8. The van der Waals surface area contributed by atoms with Gasteiger partial charge in [0.2, 0.25) is 5.91 Å². The van der Waals surface area contributed by atoms with E-state index in [1.54, 1.807) is 0 Å². The second kappa shape index (κ2) is 8.74. The van der Waals surface area contributed by atoms with Crippen molar-refractivity contribution in [3.8, 4) is 5.75 Å². The molecule has 1 fully saturated rings. The maximum atomic E-state index is 12.8. The normalized spacial score (nSPS) is 16.8. The van der Waals surface area contributed by atoms with E-state index in [4.69, 9.17) is 9.47 Å². The number of ether oxygens (including phenoxy) is 2. The fourth-order valence-electron chi connectivity index (χ4n) is 3.06. The lowest BCUT2D eigenvalue weighted by molar-refractivity contribution is -0.154. The Balaban J connectivity index is 2.02. The van der Waals surface area contributed by atoms with Crippen molar-refractivity contribution in [3.05, 3.63) is 29.8 Å². The minimum Gasteiger partial charge on any atom is -0.493 e. The van der Waals surface area contributed by atoms with E-state index in [1.165, 1.54) is 0 Å². The molecule has 0 bridgehead atoms. The Bertz CT molecular complexity index is 645. The van der Waals surface area contributed by atoms with Crippen LogP contribution in [0.1, 0.15) is 46.1 Å². The predicted octanol–water partition coefficient (Wildman–Crippen LogP) is 3.00. The van der Waals surface area contributed by atoms with Crippen molar-refractivity contribution in [2.24, 2.45) is 11.3 Å². The molecule has 0 radical (unpaired) electrons. The summed E-state index contributed by atoms with van der Waals surface area (Å²) in [7, 11) is 0. The molecule has 6 heteroatoms. The van der Waals surface area contributed by atoms with Crippen LogP contribution in [-0.2, 0) is 19.7 Å². The molecule has 1 aromatic carbocycles. The van der Waals surface area contributed by atoms with Gasteiger partial charge in [-0.2, -0.15) is 0 Å². The van der Waals surface area contributed by atoms with Gasteiger partial charge in [-0.1, -0.05) is 26.0 Å². The Hall–Kier alpha value is -2.08. The molecule has 150 valence electrons. The van der Waals surface area contributed by atoms with E-state index < -0.39 is 16.8 Å². The van der Waals surface area contributed by atoms with Gasteiger partial charge in [-0.15, -0.1) is 0 Å². The van der Waals surface area contributed by atoms with Gasteiger partial charge in [0.25, 0.3) is 0 Å². The quantitative estimate of drug-likeness (QED) is 0.727. The van der Waals surface area contributed by atoms with Gasteiger partial charge < -0.3 is 19.9 Å². The molecule has 0 atom stereocenters. The molecular weight excluding hydrogens is 346 g/mol. The smallest absolute Gasteiger partial charge is 0.311 e. The van der Waals surface area contributed by atoms with Crippen LogP contribution in [-0.4, -0.2) is 43.3 Å². The van der Waals surface area contributed by atoms with E-state index in [9.17, 15) is 14.7 Å². The average Bonchev–Trinajstić information content (AvgIpc) is 2.65. The molecule has 6 nitrogen and oxygen atoms in total. The van der Waals surface area contributed by atoms with Crippen molar-refractivity contribution >= 4 is 11.9 Å². The summed E-state index contributed by atoms with van der Waals surface area (Å²) in [6.07, 6.45) is 0.815. The first kappa shape index (κ1) is 21.2. The van der Waals surface area contributed by atoms with Crippen molar-refractivity contribution in [1.29, 1.82) is 0 Å². The van der Waals surface area contributed by atoms with Crippen LogP contribution in [0.4, 0.5) is 0 Å². The van der Waals surface area contributed by atoms with E-state index in [0.29, 0.717) is 38.6 Å². The molecule has 2 rings (SSSR count). The maximum Gasteiger partial charge on any atom is 0.311 e. The number of benzene rings is 1. The lowest BCUT2D eigenvalue weighted by atomic mass is 9.79. The highest BCUT2D eigenvalue weighted by atomic mass is 16.5. The van der Waals surface area contributed by atoms with Crippen LogP contribution in [0.25, 0.3) is 0 Å². The Kier molecular flexibility index (Phi) is 6.87. The Labute approximate surface area is 161 Å². The van der Waals surface area contributed by atoms with Gasteiger partial charge in [0, 0.05) is 19.8 Å². The standard InChI is InChI=1S/C21H31NO5/c1-15(2)13-27-17-7-5-16(6-8-17)20(3,4)18(23)22-14-21(19(24)25)9-11-26-12-10-21/h5-8,15H,9-14H2,1-4H3,(H,22,23)(H,24,25). The first-order valence-corrected chi connectivity index (χ1v) is 9.50. The molecule has 1 amide bonds. The molecule has 27 heavy (non-hydrogen) atoms. The van der Waals surface area contributed by atoms with E-state index >= 15 is 0 Å². The summed E-state index contributed by atoms with van der Waals surface area (Å²) < 4.78 is 11.0. The van der Waals surface area contributed by atoms with Crippen LogP contribution in [0.15, 0.2) is 24.3 Å². The summed E-state index contributed by atoms with van der Waals surface area (Å²) >= 11 is 0. The van der Waals surface area contributed by atoms with Crippen molar-refractivity contribution in [3.63, 3.8) is 0 Å². The molecule has 0 aromatic heterocycles. The third-order valence-corrected chi connectivity index (χ3v) is 5.22. The number of aliphatic carboxylic acids is 1. The van der Waals surface area contributed by atoms with Crippen LogP contribution < -0.4 is 10.1 Å². The van der Waals surface area contributed by atoms with Crippen molar-refractivity contribution in [1.82, 2.24) is 5.32 Å². The molecule has 0 spiro atoms. The van der Waals surface area contributed by atoms with Gasteiger partial charge in [0.1, 0.15) is 5.75 Å². The summed E-state index contributed by atoms with van der Waals surface area (Å²) in [6.45, 7) is 9.42. The topological polar surface area (TPSA) is 84.9 Å². The predicted molar refractivity (Wildman–Crippen MR) is 103 cm³/mol. The lowest BCUT2D eigenvalue weighted by Gasteiger charge is -2.34. The van der Waals surface area contributed by atoms with Crippen LogP contribution in [0.5, 0.6) is 5.75 Å². The van der Waals surface area contributed by atoms with Gasteiger partial charge in [0.15, 0.2) is 0 Å². The molecule has 1 heterocycles. The minimum atomic E-state index is -0.946. The van der Waals surface area contributed by atoms with Gasteiger partial charge in [0.05, 0.1) is 17.4 Å². The molecule has 0 aliphatic carbocycles. The fraction of sp³-hybridized carbons (Fsp3) is 0.619. The molecule has 1 saturated heterocycles. The molecule has 1 aromatic rings. The summed E-state index contributed by atoms with van der Waals surface area (Å²) in [5.74, 6) is 0.148. The average molecular weight is 377 g/mol. The highest BCUT2D eigenvalue weighted by Crippen LogP contribution is 2.31. The summed E-state index contributed by atoms with van der Waals surface area (Å²) in [6, 6.07) is 7.50. The summed E-state index contributed by atoms with van der Waals surface area (Å²) in [5.41, 5.74) is -0.867. The second-order valence-electron chi connectivity index (χ2n) is 8.23. The second-order valence-corrected chi connectivity index (χ2v) is 8.23. The number of amides is 1. The number of nitrogens with one attached hydrogen (secondary N) is 1. The monoisotopic (exact) mass is 377 g/mol.